The zero-order chi connectivity index (χ0) is 11.1. The minimum Gasteiger partial charge on any atom is -0.502 e. The second-order valence-electron chi connectivity index (χ2n) is 2.94. The number of Topliss-reactive ketones (excluding diaryl/α,β-unsaturated/α-hetero) is 1. The van der Waals surface area contributed by atoms with E-state index >= 15 is 0 Å². The fourth-order valence-corrected chi connectivity index (χ4v) is 1.60. The van der Waals surface area contributed by atoms with E-state index in [2.05, 4.69) is 0 Å². The molecule has 0 bridgehead atoms. The summed E-state index contributed by atoms with van der Waals surface area (Å²) in [5, 5.41) is 9.13. The summed E-state index contributed by atoms with van der Waals surface area (Å²) < 4.78 is 4.86. The largest absolute Gasteiger partial charge is 0.502 e. The van der Waals surface area contributed by atoms with Crippen LogP contribution in [0.1, 0.15) is 13.8 Å². The Morgan fingerprint density at radius 1 is 1.43 bits per heavy atom. The number of halogens is 3. The van der Waals surface area contributed by atoms with Gasteiger partial charge in [-0.15, -0.1) is 0 Å². The summed E-state index contributed by atoms with van der Waals surface area (Å²) in [6, 6.07) is 0. The van der Waals surface area contributed by atoms with E-state index in [9.17, 15) is 9.90 Å². The summed E-state index contributed by atoms with van der Waals surface area (Å²) in [6.45, 7) is 2.83. The van der Waals surface area contributed by atoms with Crippen LogP contribution in [-0.2, 0) is 9.53 Å². The number of ether oxygens (including phenoxy) is 1. The van der Waals surface area contributed by atoms with Crippen LogP contribution in [0.25, 0.3) is 0 Å². The molecule has 1 N–H and O–H groups in total. The maximum absolute atomic E-state index is 11.5. The normalized spacial score (nSPS) is 26.5. The van der Waals surface area contributed by atoms with E-state index in [0.29, 0.717) is 0 Å². The van der Waals surface area contributed by atoms with Crippen LogP contribution < -0.4 is 0 Å². The Kier molecular flexibility index (Phi) is 3.04. The molecule has 1 atom stereocenters. The molecular weight excluding hydrogens is 250 g/mol. The zero-order valence-electron chi connectivity index (χ0n) is 7.40. The lowest BCUT2D eigenvalue weighted by molar-refractivity contribution is -0.127. The van der Waals surface area contributed by atoms with Crippen LogP contribution in [-0.4, -0.2) is 16.5 Å². The molecule has 1 heterocycles. The lowest BCUT2D eigenvalue weighted by Crippen LogP contribution is -2.34. The third kappa shape index (κ3) is 1.60. The van der Waals surface area contributed by atoms with Crippen LogP contribution in [0, 0.1) is 0 Å². The van der Waals surface area contributed by atoms with Crippen molar-refractivity contribution in [2.24, 2.45) is 0 Å². The summed E-state index contributed by atoms with van der Waals surface area (Å²) in [6.07, 6.45) is 0. The molecule has 0 aliphatic carbocycles. The molecule has 1 aliphatic rings. The molecule has 0 unspecified atom stereocenters. The van der Waals surface area contributed by atoms with Gasteiger partial charge in [0.25, 0.3) is 0 Å². The monoisotopic (exact) mass is 256 g/mol. The van der Waals surface area contributed by atoms with Gasteiger partial charge in [0, 0.05) is 0 Å². The first kappa shape index (κ1) is 11.7. The highest BCUT2D eigenvalue weighted by Crippen LogP contribution is 2.39. The molecule has 14 heavy (non-hydrogen) atoms. The molecule has 0 radical (unpaired) electrons. The highest BCUT2D eigenvalue weighted by molar-refractivity contribution is 6.60. The van der Waals surface area contributed by atoms with Gasteiger partial charge in [0.15, 0.2) is 0 Å². The first-order chi connectivity index (χ1) is 6.30. The van der Waals surface area contributed by atoms with Gasteiger partial charge in [-0.1, -0.05) is 34.8 Å². The Bertz CT molecular complexity index is 355. The van der Waals surface area contributed by atoms with Crippen LogP contribution in [0.3, 0.4) is 0 Å². The summed E-state index contributed by atoms with van der Waals surface area (Å²) in [7, 11) is 0. The van der Waals surface area contributed by atoms with E-state index in [1.807, 2.05) is 0 Å². The predicted molar refractivity (Wildman–Crippen MR) is 54.4 cm³/mol. The molecule has 0 aromatic rings. The Balaban J connectivity index is 3.17. The number of aliphatic hydroxyl groups excluding tert-OH is 1. The van der Waals surface area contributed by atoms with Crippen molar-refractivity contribution in [3.05, 3.63) is 21.0 Å². The maximum Gasteiger partial charge on any atom is 0.249 e. The number of rotatable bonds is 1. The molecule has 0 fully saturated rings. The van der Waals surface area contributed by atoms with Crippen LogP contribution in [0.15, 0.2) is 21.0 Å². The minimum atomic E-state index is -1.51. The Morgan fingerprint density at radius 3 is 2.21 bits per heavy atom. The predicted octanol–water partition coefficient (Wildman–Crippen LogP) is 3.02. The van der Waals surface area contributed by atoms with E-state index in [-0.39, 0.29) is 15.3 Å². The molecule has 6 heteroatoms. The molecule has 0 saturated carbocycles. The van der Waals surface area contributed by atoms with Gasteiger partial charge in [-0.25, -0.2) is 0 Å². The molecule has 1 aliphatic heterocycles. The van der Waals surface area contributed by atoms with Crippen molar-refractivity contribution in [3.63, 3.8) is 0 Å². The standard InChI is InChI=1S/C8H7Cl3O3/c1-3-4(12)6(13)8(2,14-3)5(9)7(10)11/h12H,1-2H3/t8-/m1/s1. The molecule has 0 aromatic carbocycles. The average molecular weight is 258 g/mol. The van der Waals surface area contributed by atoms with Crippen LogP contribution in [0.5, 0.6) is 0 Å². The number of carbonyl (C=O) groups is 1. The lowest BCUT2D eigenvalue weighted by atomic mass is 10.0. The maximum atomic E-state index is 11.5. The van der Waals surface area contributed by atoms with Crippen molar-refractivity contribution in [2.75, 3.05) is 0 Å². The zero-order valence-corrected chi connectivity index (χ0v) is 9.67. The van der Waals surface area contributed by atoms with Crippen molar-refractivity contribution in [1.29, 1.82) is 0 Å². The molecule has 1 rings (SSSR count). The summed E-state index contributed by atoms with van der Waals surface area (Å²) >= 11 is 16.6. The van der Waals surface area contributed by atoms with Crippen molar-refractivity contribution in [3.8, 4) is 0 Å². The number of aliphatic hydroxyl groups is 1. The van der Waals surface area contributed by atoms with Crippen molar-refractivity contribution >= 4 is 40.6 Å². The molecule has 0 spiro atoms. The highest BCUT2D eigenvalue weighted by Gasteiger charge is 2.48. The number of ketones is 1. The first-order valence-electron chi connectivity index (χ1n) is 3.65. The van der Waals surface area contributed by atoms with Gasteiger partial charge in [-0.3, -0.25) is 4.79 Å². The van der Waals surface area contributed by atoms with Crippen molar-refractivity contribution < 1.29 is 14.6 Å². The number of hydrogen-bond acceptors (Lipinski definition) is 3. The number of allylic oxidation sites excluding steroid dienone is 1. The quantitative estimate of drug-likeness (QED) is 0.785. The number of hydrogen-bond donors (Lipinski definition) is 1. The molecule has 0 amide bonds. The summed E-state index contributed by atoms with van der Waals surface area (Å²) in [4.78, 5) is 11.5. The van der Waals surface area contributed by atoms with Gasteiger partial charge >= 0.3 is 0 Å². The summed E-state index contributed by atoms with van der Waals surface area (Å²) in [5.74, 6) is -1.01. The smallest absolute Gasteiger partial charge is 0.249 e. The third-order valence-electron chi connectivity index (χ3n) is 1.92. The SMILES string of the molecule is CC1=C(O)C(=O)[C@@](C)(C(Cl)=C(Cl)Cl)O1. The van der Waals surface area contributed by atoms with Gasteiger partial charge in [-0.05, 0) is 13.8 Å². The number of carbonyl (C=O) groups excluding carboxylic acids is 1. The second kappa shape index (κ2) is 3.65. The Morgan fingerprint density at radius 2 is 1.93 bits per heavy atom. The Labute approximate surface area is 95.9 Å². The van der Waals surface area contributed by atoms with Crippen LogP contribution in [0.2, 0.25) is 0 Å². The lowest BCUT2D eigenvalue weighted by Gasteiger charge is -2.21. The van der Waals surface area contributed by atoms with E-state index < -0.39 is 17.1 Å². The third-order valence-corrected chi connectivity index (χ3v) is 3.04. The van der Waals surface area contributed by atoms with Gasteiger partial charge in [-0.2, -0.15) is 0 Å². The second-order valence-corrected chi connectivity index (χ2v) is 4.27. The van der Waals surface area contributed by atoms with E-state index in [0.717, 1.165) is 0 Å². The minimum absolute atomic E-state index is 0.102. The van der Waals surface area contributed by atoms with E-state index in [1.54, 1.807) is 0 Å². The van der Waals surface area contributed by atoms with Crippen molar-refractivity contribution in [2.45, 2.75) is 19.4 Å². The first-order valence-corrected chi connectivity index (χ1v) is 4.79. The van der Waals surface area contributed by atoms with Gasteiger partial charge < -0.3 is 9.84 Å². The topological polar surface area (TPSA) is 46.5 Å². The molecule has 78 valence electrons. The molecule has 0 saturated heterocycles. The van der Waals surface area contributed by atoms with Crippen LogP contribution >= 0.6 is 34.8 Å². The Hall–Kier alpha value is -0.380. The molecule has 0 aromatic heterocycles. The van der Waals surface area contributed by atoms with Gasteiger partial charge in [0.2, 0.25) is 17.1 Å². The fraction of sp³-hybridized carbons (Fsp3) is 0.375. The van der Waals surface area contributed by atoms with Crippen molar-refractivity contribution in [1.82, 2.24) is 0 Å². The fourth-order valence-electron chi connectivity index (χ4n) is 1.11. The van der Waals surface area contributed by atoms with Gasteiger partial charge in [0.1, 0.15) is 10.3 Å². The van der Waals surface area contributed by atoms with Crippen LogP contribution in [0.4, 0.5) is 0 Å². The molecule has 3 nitrogen and oxygen atoms in total. The summed E-state index contributed by atoms with van der Waals surface area (Å²) in [5.41, 5.74) is -1.51. The average Bonchev–Trinajstić information content (AvgIpc) is 2.30. The van der Waals surface area contributed by atoms with Gasteiger partial charge in [0.05, 0.1) is 5.03 Å². The molecular formula is C8H7Cl3O3. The van der Waals surface area contributed by atoms with E-state index in [1.165, 1.54) is 13.8 Å². The van der Waals surface area contributed by atoms with E-state index in [4.69, 9.17) is 39.5 Å². The highest BCUT2D eigenvalue weighted by atomic mass is 35.5.